The number of pyridine rings is 1. The van der Waals surface area contributed by atoms with E-state index >= 15 is 0 Å². The number of para-hydroxylation sites is 1. The van der Waals surface area contributed by atoms with Crippen LogP contribution in [0, 0.1) is 0 Å². The quantitative estimate of drug-likeness (QED) is 0.346. The van der Waals surface area contributed by atoms with Crippen molar-refractivity contribution in [1.29, 1.82) is 0 Å². The Morgan fingerprint density at radius 3 is 2.69 bits per heavy atom. The van der Waals surface area contributed by atoms with Gasteiger partial charge in [-0.05, 0) is 31.9 Å². The van der Waals surface area contributed by atoms with Crippen LogP contribution >= 0.6 is 0 Å². The first-order valence-electron chi connectivity index (χ1n) is 13.5. The maximum atomic E-state index is 13.5. The molecule has 1 aromatic heterocycles. The summed E-state index contributed by atoms with van der Waals surface area (Å²) in [5.74, 6) is -0.480. The number of hydrazine groups is 1. The summed E-state index contributed by atoms with van der Waals surface area (Å²) in [6.07, 6.45) is -3.48. The minimum absolute atomic E-state index is 0.0773. The Morgan fingerprint density at radius 1 is 1.14 bits per heavy atom. The van der Waals surface area contributed by atoms with Gasteiger partial charge in [0.15, 0.2) is 0 Å². The molecule has 1 amide bonds. The fraction of sp³-hybridized carbons (Fsp3) is 0.310. The average Bonchev–Trinajstić information content (AvgIpc) is 3.61. The van der Waals surface area contributed by atoms with Crippen molar-refractivity contribution in [2.75, 3.05) is 23.8 Å². The third kappa shape index (κ3) is 5.65. The summed E-state index contributed by atoms with van der Waals surface area (Å²) in [7, 11) is 0. The number of amidine groups is 1. The van der Waals surface area contributed by atoms with Gasteiger partial charge in [0.25, 0.3) is 5.91 Å². The zero-order valence-electron chi connectivity index (χ0n) is 22.5. The van der Waals surface area contributed by atoms with Gasteiger partial charge in [-0.15, -0.1) is 0 Å². The van der Waals surface area contributed by atoms with Crippen LogP contribution in [-0.4, -0.2) is 48.0 Å². The number of benzene rings is 2. The minimum Gasteiger partial charge on any atom is -0.435 e. The lowest BCUT2D eigenvalue weighted by Crippen LogP contribution is -2.41. The van der Waals surface area contributed by atoms with Gasteiger partial charge < -0.3 is 20.1 Å². The molecule has 3 aromatic rings. The molecule has 10 nitrogen and oxygen atoms in total. The number of anilines is 2. The molecule has 218 valence electrons. The summed E-state index contributed by atoms with van der Waals surface area (Å²) in [4.78, 5) is 26.4. The molecular weight excluding hydrogens is 551 g/mol. The Balaban J connectivity index is 1.31. The van der Waals surface area contributed by atoms with E-state index in [1.807, 2.05) is 48.5 Å². The van der Waals surface area contributed by atoms with E-state index in [0.29, 0.717) is 24.6 Å². The smallest absolute Gasteiger partial charge is 0.417 e. The van der Waals surface area contributed by atoms with Gasteiger partial charge in [-0.25, -0.2) is 4.99 Å². The van der Waals surface area contributed by atoms with Crippen molar-refractivity contribution in [2.45, 2.75) is 43.9 Å². The Bertz CT molecular complexity index is 1540. The van der Waals surface area contributed by atoms with Crippen molar-refractivity contribution in [3.63, 3.8) is 0 Å². The average molecular weight is 580 g/mol. The van der Waals surface area contributed by atoms with Crippen molar-refractivity contribution in [3.05, 3.63) is 89.2 Å². The number of alkyl halides is 3. The number of aromatic nitrogens is 1. The molecule has 0 bridgehead atoms. The van der Waals surface area contributed by atoms with Crippen LogP contribution in [0.5, 0.6) is 0 Å². The summed E-state index contributed by atoms with van der Waals surface area (Å²) in [6, 6.07) is 17.6. The summed E-state index contributed by atoms with van der Waals surface area (Å²) in [6.45, 7) is 2.51. The van der Waals surface area contributed by atoms with E-state index in [-0.39, 0.29) is 23.5 Å². The summed E-state index contributed by atoms with van der Waals surface area (Å²) in [5, 5.41) is 5.92. The number of ether oxygens (including phenoxy) is 2. The molecule has 3 aliphatic heterocycles. The molecule has 42 heavy (non-hydrogen) atoms. The van der Waals surface area contributed by atoms with Crippen LogP contribution in [0.4, 0.5) is 24.5 Å². The second kappa shape index (κ2) is 11.1. The molecule has 2 fully saturated rings. The van der Waals surface area contributed by atoms with E-state index < -0.39 is 29.5 Å². The summed E-state index contributed by atoms with van der Waals surface area (Å²) < 4.78 is 52.3. The molecule has 6 rings (SSSR count). The largest absolute Gasteiger partial charge is 0.435 e. The van der Waals surface area contributed by atoms with E-state index in [1.165, 1.54) is 0 Å². The predicted molar refractivity (Wildman–Crippen MR) is 150 cm³/mol. The molecule has 3 aliphatic rings. The van der Waals surface area contributed by atoms with Crippen molar-refractivity contribution < 1.29 is 27.4 Å². The van der Waals surface area contributed by atoms with E-state index in [9.17, 15) is 18.0 Å². The molecule has 0 saturated carbocycles. The van der Waals surface area contributed by atoms with Gasteiger partial charge in [0.1, 0.15) is 5.69 Å². The molecule has 0 aliphatic carbocycles. The third-order valence-electron chi connectivity index (χ3n) is 7.13. The van der Waals surface area contributed by atoms with Crippen LogP contribution in [0.15, 0.2) is 76.8 Å². The highest BCUT2D eigenvalue weighted by molar-refractivity contribution is 6.19. The van der Waals surface area contributed by atoms with Crippen molar-refractivity contribution in [1.82, 2.24) is 15.8 Å². The first-order chi connectivity index (χ1) is 20.2. The predicted octanol–water partition coefficient (Wildman–Crippen LogP) is 4.16. The number of carbonyl (C=O) groups excluding carboxylic acids is 1. The normalized spacial score (nSPS) is 24.7. The number of aliphatic imine (C=N–C) groups is 2. The molecule has 3 atom stereocenters. The zero-order valence-corrected chi connectivity index (χ0v) is 22.5. The van der Waals surface area contributed by atoms with Gasteiger partial charge in [0, 0.05) is 30.5 Å². The van der Waals surface area contributed by atoms with E-state index in [1.54, 1.807) is 13.0 Å². The van der Waals surface area contributed by atoms with Gasteiger partial charge in [-0.2, -0.15) is 23.6 Å². The zero-order chi connectivity index (χ0) is 29.3. The lowest BCUT2D eigenvalue weighted by atomic mass is 10.0. The highest BCUT2D eigenvalue weighted by atomic mass is 19.4. The number of nitrogens with zero attached hydrogens (tertiary/aromatic N) is 3. The molecular formula is C29H28F3N7O3. The number of hydrogen-bond donors (Lipinski definition) is 4. The van der Waals surface area contributed by atoms with Crippen LogP contribution in [-0.2, 0) is 26.2 Å². The van der Waals surface area contributed by atoms with Crippen LogP contribution in [0.1, 0.15) is 42.1 Å². The van der Waals surface area contributed by atoms with Crippen LogP contribution in [0.25, 0.3) is 0 Å². The summed E-state index contributed by atoms with van der Waals surface area (Å²) in [5.41, 5.74) is 6.35. The number of nitrogens with one attached hydrogen (secondary N) is 4. The Kier molecular flexibility index (Phi) is 7.29. The van der Waals surface area contributed by atoms with Gasteiger partial charge in [0.05, 0.1) is 28.8 Å². The standard InChI is InChI=1S/C29H28F3N7O3/c1-28(24-22(33-16-19-10-7-13-41-19)14-18(15-34-24)29(30,31)32)39-38-27(42-28)37-25-26(40)35-21-12-6-5-11-20(21)23(36-25)17-8-3-2-4-9-17/h2-6,8-9,11-12,14-15,19,25,33,39H,7,10,13,16H2,1H3,(H,35,40)(H,37,38)/t19-,25+,28?/m0/s1. The Labute approximate surface area is 239 Å². The topological polar surface area (TPSA) is 121 Å². The molecule has 0 radical (unpaired) electrons. The Morgan fingerprint density at radius 2 is 1.93 bits per heavy atom. The molecule has 0 spiro atoms. The lowest BCUT2D eigenvalue weighted by Gasteiger charge is -2.25. The summed E-state index contributed by atoms with van der Waals surface area (Å²) >= 11 is 0. The highest BCUT2D eigenvalue weighted by Gasteiger charge is 2.42. The second-order valence-corrected chi connectivity index (χ2v) is 10.2. The van der Waals surface area contributed by atoms with Crippen molar-refractivity contribution >= 4 is 29.0 Å². The Hall–Kier alpha value is -4.49. The molecule has 4 N–H and O–H groups in total. The second-order valence-electron chi connectivity index (χ2n) is 10.2. The van der Waals surface area contributed by atoms with Crippen LogP contribution < -0.4 is 21.5 Å². The molecule has 1 unspecified atom stereocenters. The SMILES string of the molecule is CC1(c2ncc(C(F)(F)F)cc2NC[C@@H]2CCCO2)NN/C(=N\[C@H]2N=C(c3ccccc3)c3ccccc3NC2=O)O1. The van der Waals surface area contributed by atoms with Crippen LogP contribution in [0.2, 0.25) is 0 Å². The van der Waals surface area contributed by atoms with Crippen LogP contribution in [0.3, 0.4) is 0 Å². The monoisotopic (exact) mass is 579 g/mol. The maximum Gasteiger partial charge on any atom is 0.417 e. The molecule has 2 aromatic carbocycles. The van der Waals surface area contributed by atoms with Gasteiger partial charge in [-0.3, -0.25) is 15.2 Å². The number of fused-ring (bicyclic) bond motifs is 1. The van der Waals surface area contributed by atoms with Gasteiger partial charge in [-0.1, -0.05) is 48.5 Å². The molecule has 4 heterocycles. The van der Waals surface area contributed by atoms with Crippen molar-refractivity contribution in [3.8, 4) is 0 Å². The number of rotatable bonds is 6. The number of halogens is 3. The number of carbonyl (C=O) groups is 1. The van der Waals surface area contributed by atoms with E-state index in [2.05, 4.69) is 36.5 Å². The minimum atomic E-state index is -4.58. The highest BCUT2D eigenvalue weighted by Crippen LogP contribution is 2.36. The van der Waals surface area contributed by atoms with Gasteiger partial charge >= 0.3 is 12.2 Å². The molecule has 13 heteroatoms. The first-order valence-corrected chi connectivity index (χ1v) is 13.5. The van der Waals surface area contributed by atoms with Gasteiger partial charge in [0.2, 0.25) is 11.9 Å². The maximum absolute atomic E-state index is 13.5. The lowest BCUT2D eigenvalue weighted by molar-refractivity contribution is -0.137. The van der Waals surface area contributed by atoms with Crippen molar-refractivity contribution in [2.24, 2.45) is 9.98 Å². The van der Waals surface area contributed by atoms with E-state index in [0.717, 1.165) is 36.2 Å². The fourth-order valence-electron chi connectivity index (χ4n) is 5.02. The van der Waals surface area contributed by atoms with E-state index in [4.69, 9.17) is 9.47 Å². The number of amides is 1. The third-order valence-corrected chi connectivity index (χ3v) is 7.13. The molecule has 2 saturated heterocycles. The number of benzodiazepines with no additional fused rings is 1. The fourth-order valence-corrected chi connectivity index (χ4v) is 5.02. The number of hydrogen-bond acceptors (Lipinski definition) is 8. The first kappa shape index (κ1) is 27.7.